The van der Waals surface area contributed by atoms with E-state index in [9.17, 15) is 17.6 Å². The van der Waals surface area contributed by atoms with Gasteiger partial charge in [0.1, 0.15) is 23.6 Å². The molecule has 0 bridgehead atoms. The van der Waals surface area contributed by atoms with Crippen LogP contribution in [-0.2, 0) is 10.9 Å². The Hall–Kier alpha value is -3.34. The van der Waals surface area contributed by atoms with Crippen molar-refractivity contribution in [3.8, 4) is 11.5 Å². The molecule has 3 N–H and O–H groups in total. The van der Waals surface area contributed by atoms with Gasteiger partial charge in [0.05, 0.1) is 36.9 Å². The average Bonchev–Trinajstić information content (AvgIpc) is 2.78. The molecule has 1 saturated carbocycles. The van der Waals surface area contributed by atoms with Crippen molar-refractivity contribution in [2.45, 2.75) is 64.5 Å². The molecule has 7 nitrogen and oxygen atoms in total. The minimum Gasteiger partial charge on any atom is -0.493 e. The Morgan fingerprint density at radius 1 is 1.11 bits per heavy atom. The fourth-order valence-corrected chi connectivity index (χ4v) is 4.15. The zero-order valence-electron chi connectivity index (χ0n) is 21.1. The topological polar surface area (TPSA) is 91.5 Å². The van der Waals surface area contributed by atoms with Crippen molar-refractivity contribution in [3.63, 3.8) is 0 Å². The Balaban J connectivity index is 1.66. The van der Waals surface area contributed by atoms with Gasteiger partial charge in [0.15, 0.2) is 11.5 Å². The summed E-state index contributed by atoms with van der Waals surface area (Å²) >= 11 is 0. The smallest absolute Gasteiger partial charge is 0.419 e. The number of nitrogen functional groups attached to an aromatic ring is 1. The molecule has 3 aromatic rings. The molecule has 0 radical (unpaired) electrons. The third kappa shape index (κ3) is 5.98. The third-order valence-electron chi connectivity index (χ3n) is 6.29. The van der Waals surface area contributed by atoms with Crippen molar-refractivity contribution in [1.82, 2.24) is 9.97 Å². The highest BCUT2D eigenvalue weighted by Crippen LogP contribution is 2.38. The lowest BCUT2D eigenvalue weighted by atomic mass is 9.96. The molecule has 2 aromatic carbocycles. The van der Waals surface area contributed by atoms with Gasteiger partial charge >= 0.3 is 6.18 Å². The molecule has 11 heteroatoms. The number of hydrogen-bond acceptors (Lipinski definition) is 7. The second-order valence-corrected chi connectivity index (χ2v) is 9.29. The number of halogens is 4. The van der Waals surface area contributed by atoms with Crippen LogP contribution in [0.5, 0.6) is 11.5 Å². The molecule has 0 spiro atoms. The van der Waals surface area contributed by atoms with Gasteiger partial charge in [-0.15, -0.1) is 0 Å². The number of nitrogens with two attached hydrogens (primary N) is 1. The molecule has 1 aromatic heterocycles. The summed E-state index contributed by atoms with van der Waals surface area (Å²) < 4.78 is 72.3. The fraction of sp³-hybridized carbons (Fsp3) is 0.462. The molecule has 0 saturated heterocycles. The molecular formula is C26H30F4N4O3. The second-order valence-electron chi connectivity index (χ2n) is 9.29. The van der Waals surface area contributed by atoms with Gasteiger partial charge in [-0.25, -0.2) is 14.4 Å². The summed E-state index contributed by atoms with van der Waals surface area (Å²) in [7, 11) is 1.51. The summed E-state index contributed by atoms with van der Waals surface area (Å²) in [5.74, 6) is 0.206. The summed E-state index contributed by atoms with van der Waals surface area (Å²) in [6, 6.07) is 4.25. The zero-order valence-corrected chi connectivity index (χ0v) is 21.1. The number of rotatable bonds is 9. The first-order chi connectivity index (χ1) is 17.5. The standard InChI is InChI=1S/C26H30F4N4O3/c1-13(12-36-17-6-5-7-17)37-23-10-19-21(11-22(23)35-4)33-15(3)34-25(19)32-14(2)18-8-16(31)9-20(24(18)27)26(28,29)30/h8-11,13-14,17H,5-7,12,31H2,1-4H3,(H,32,33,34)/t13?,14-/m1/s1. The van der Waals surface area contributed by atoms with Crippen LogP contribution in [0, 0.1) is 12.7 Å². The van der Waals surface area contributed by atoms with Crippen molar-refractivity contribution in [2.24, 2.45) is 0 Å². The molecule has 37 heavy (non-hydrogen) atoms. The minimum atomic E-state index is -4.88. The molecular weight excluding hydrogens is 492 g/mol. The van der Waals surface area contributed by atoms with Crippen LogP contribution in [-0.4, -0.2) is 35.9 Å². The highest BCUT2D eigenvalue weighted by Gasteiger charge is 2.36. The van der Waals surface area contributed by atoms with E-state index in [1.165, 1.54) is 26.5 Å². The number of aryl methyl sites for hydroxylation is 1. The number of anilines is 2. The van der Waals surface area contributed by atoms with Crippen LogP contribution in [0.15, 0.2) is 24.3 Å². The zero-order chi connectivity index (χ0) is 26.9. The van der Waals surface area contributed by atoms with Gasteiger partial charge in [-0.1, -0.05) is 0 Å². The third-order valence-corrected chi connectivity index (χ3v) is 6.29. The van der Waals surface area contributed by atoms with Gasteiger partial charge in [0, 0.05) is 22.7 Å². The lowest BCUT2D eigenvalue weighted by Gasteiger charge is -2.27. The number of alkyl halides is 3. The molecule has 1 aliphatic rings. The maximum Gasteiger partial charge on any atom is 0.419 e. The number of hydrogen-bond donors (Lipinski definition) is 2. The Labute approximate surface area is 212 Å². The number of nitrogens with zero attached hydrogens (tertiary/aromatic N) is 2. The number of fused-ring (bicyclic) bond motifs is 1. The molecule has 2 atom stereocenters. The summed E-state index contributed by atoms with van der Waals surface area (Å²) in [6.07, 6.45) is -1.61. The van der Waals surface area contributed by atoms with Crippen LogP contribution in [0.4, 0.5) is 29.1 Å². The predicted octanol–water partition coefficient (Wildman–Crippen LogP) is 6.20. The van der Waals surface area contributed by atoms with Gasteiger partial charge in [-0.05, 0) is 58.2 Å². The van der Waals surface area contributed by atoms with Crippen molar-refractivity contribution < 1.29 is 31.8 Å². The largest absolute Gasteiger partial charge is 0.493 e. The van der Waals surface area contributed by atoms with Crippen molar-refractivity contribution >= 4 is 22.4 Å². The van der Waals surface area contributed by atoms with Crippen LogP contribution < -0.4 is 20.5 Å². The maximum atomic E-state index is 14.9. The monoisotopic (exact) mass is 522 g/mol. The number of benzene rings is 2. The van der Waals surface area contributed by atoms with Crippen LogP contribution in [0.1, 0.15) is 56.1 Å². The highest BCUT2D eigenvalue weighted by atomic mass is 19.4. The fourth-order valence-electron chi connectivity index (χ4n) is 4.15. The minimum absolute atomic E-state index is 0.195. The number of methoxy groups -OCH3 is 1. The predicted molar refractivity (Wildman–Crippen MR) is 132 cm³/mol. The molecule has 1 heterocycles. The normalized spacial score (nSPS) is 15.8. The van der Waals surface area contributed by atoms with E-state index in [1.54, 1.807) is 19.1 Å². The van der Waals surface area contributed by atoms with E-state index in [0.29, 0.717) is 46.7 Å². The van der Waals surface area contributed by atoms with E-state index in [-0.39, 0.29) is 23.5 Å². The van der Waals surface area contributed by atoms with Crippen molar-refractivity contribution in [3.05, 3.63) is 47.0 Å². The van der Waals surface area contributed by atoms with E-state index >= 15 is 0 Å². The molecule has 0 amide bonds. The number of aromatic nitrogens is 2. The number of nitrogens with one attached hydrogen (secondary N) is 1. The van der Waals surface area contributed by atoms with E-state index in [4.69, 9.17) is 19.9 Å². The van der Waals surface area contributed by atoms with E-state index in [1.807, 2.05) is 6.92 Å². The van der Waals surface area contributed by atoms with Crippen LogP contribution in [0.2, 0.25) is 0 Å². The van der Waals surface area contributed by atoms with Gasteiger partial charge in [-0.2, -0.15) is 13.2 Å². The Bertz CT molecular complexity index is 1280. The molecule has 1 unspecified atom stereocenters. The van der Waals surface area contributed by atoms with E-state index in [2.05, 4.69) is 15.3 Å². The molecule has 0 aliphatic heterocycles. The lowest BCUT2D eigenvalue weighted by molar-refractivity contribution is -0.140. The summed E-state index contributed by atoms with van der Waals surface area (Å²) in [5.41, 5.74) is 4.34. The first kappa shape index (κ1) is 26.7. The van der Waals surface area contributed by atoms with Gasteiger partial charge in [-0.3, -0.25) is 0 Å². The van der Waals surface area contributed by atoms with Gasteiger partial charge in [0.25, 0.3) is 0 Å². The summed E-state index contributed by atoms with van der Waals surface area (Å²) in [6.45, 7) is 5.50. The van der Waals surface area contributed by atoms with Gasteiger partial charge in [0.2, 0.25) is 0 Å². The van der Waals surface area contributed by atoms with Crippen LogP contribution >= 0.6 is 0 Å². The second kappa shape index (κ2) is 10.6. The molecule has 1 aliphatic carbocycles. The highest BCUT2D eigenvalue weighted by molar-refractivity contribution is 5.92. The molecule has 1 fully saturated rings. The Morgan fingerprint density at radius 2 is 1.84 bits per heavy atom. The summed E-state index contributed by atoms with van der Waals surface area (Å²) in [5, 5.41) is 3.56. The van der Waals surface area contributed by atoms with E-state index < -0.39 is 23.6 Å². The van der Waals surface area contributed by atoms with Crippen molar-refractivity contribution in [1.29, 1.82) is 0 Å². The van der Waals surface area contributed by atoms with Crippen LogP contribution in [0.3, 0.4) is 0 Å². The van der Waals surface area contributed by atoms with Crippen molar-refractivity contribution in [2.75, 3.05) is 24.8 Å². The van der Waals surface area contributed by atoms with E-state index in [0.717, 1.165) is 12.8 Å². The Kier molecular flexibility index (Phi) is 7.63. The molecule has 4 rings (SSSR count). The molecule has 200 valence electrons. The SMILES string of the molecule is COc1cc2nc(C)nc(N[C@H](C)c3cc(N)cc(C(F)(F)F)c3F)c2cc1OC(C)COC1CCC1. The first-order valence-corrected chi connectivity index (χ1v) is 12.0. The van der Waals surface area contributed by atoms with Gasteiger partial charge < -0.3 is 25.3 Å². The quantitative estimate of drug-likeness (QED) is 0.256. The summed E-state index contributed by atoms with van der Waals surface area (Å²) in [4.78, 5) is 8.87. The lowest BCUT2D eigenvalue weighted by Crippen LogP contribution is -2.28. The first-order valence-electron chi connectivity index (χ1n) is 12.0. The van der Waals surface area contributed by atoms with Crippen LogP contribution in [0.25, 0.3) is 10.9 Å². The Morgan fingerprint density at radius 3 is 2.46 bits per heavy atom. The average molecular weight is 523 g/mol. The maximum absolute atomic E-state index is 14.9. The number of ether oxygens (including phenoxy) is 3.